The third-order valence-electron chi connectivity index (χ3n) is 5.28. The number of aliphatic imine (C=N–C) groups is 1. The molecule has 30 heavy (non-hydrogen) atoms. The molecule has 1 aromatic carbocycles. The van der Waals surface area contributed by atoms with Crippen LogP contribution in [0.25, 0.3) is 0 Å². The third kappa shape index (κ3) is 10.4. The van der Waals surface area contributed by atoms with Gasteiger partial charge in [-0.25, -0.2) is 8.42 Å². The van der Waals surface area contributed by atoms with E-state index in [1.54, 1.807) is 7.05 Å². The predicted octanol–water partition coefficient (Wildman–Crippen LogP) is 2.05. The molecule has 2 rings (SSSR count). The normalized spacial score (nSPS) is 17.6. The van der Waals surface area contributed by atoms with Crippen molar-refractivity contribution in [1.82, 2.24) is 15.5 Å². The first-order valence-corrected chi connectivity index (χ1v) is 12.9. The van der Waals surface area contributed by atoms with Crippen molar-refractivity contribution in [2.75, 3.05) is 45.3 Å². The van der Waals surface area contributed by atoms with Crippen LogP contribution < -0.4 is 10.6 Å². The largest absolute Gasteiger partial charge is 0.378 e. The van der Waals surface area contributed by atoms with E-state index in [9.17, 15) is 8.42 Å². The topological polar surface area (TPSA) is 83.0 Å². The first-order chi connectivity index (χ1) is 14.4. The molecule has 1 aromatic rings. The lowest BCUT2D eigenvalue weighted by molar-refractivity contribution is 0.00534. The predicted molar refractivity (Wildman–Crippen MR) is 124 cm³/mol. The number of hydrogen-bond acceptors (Lipinski definition) is 5. The molecule has 1 aliphatic heterocycles. The molecule has 7 nitrogen and oxygen atoms in total. The first kappa shape index (κ1) is 24.6. The van der Waals surface area contributed by atoms with Gasteiger partial charge in [-0.3, -0.25) is 9.89 Å². The second-order valence-corrected chi connectivity index (χ2v) is 10.4. The van der Waals surface area contributed by atoms with Crippen LogP contribution in [-0.2, 0) is 21.1 Å². The summed E-state index contributed by atoms with van der Waals surface area (Å²) >= 11 is 0. The van der Waals surface area contributed by atoms with Crippen LogP contribution in [0.3, 0.4) is 0 Å². The Hall–Kier alpha value is -1.64. The van der Waals surface area contributed by atoms with Crippen LogP contribution >= 0.6 is 0 Å². The molecule has 1 atom stereocenters. The van der Waals surface area contributed by atoms with Gasteiger partial charge in [0.2, 0.25) is 0 Å². The summed E-state index contributed by atoms with van der Waals surface area (Å²) in [6.45, 7) is 6.65. The molecule has 1 fully saturated rings. The van der Waals surface area contributed by atoms with E-state index in [1.165, 1.54) is 11.8 Å². The molecule has 0 aliphatic carbocycles. The SMILES string of the molecule is CN=C(NCCCOC1CCN(Cc2ccccc2)CC1)NC(C)CCS(C)(=O)=O. The van der Waals surface area contributed by atoms with Crippen LogP contribution in [0.2, 0.25) is 0 Å². The van der Waals surface area contributed by atoms with E-state index in [-0.39, 0.29) is 11.8 Å². The van der Waals surface area contributed by atoms with Gasteiger partial charge in [-0.2, -0.15) is 0 Å². The van der Waals surface area contributed by atoms with Crippen LogP contribution in [-0.4, -0.2) is 76.7 Å². The Kier molecular flexibility index (Phi) is 10.6. The second kappa shape index (κ2) is 12.9. The number of piperidine rings is 1. The maximum atomic E-state index is 11.3. The zero-order chi connectivity index (χ0) is 21.8. The highest BCUT2D eigenvalue weighted by atomic mass is 32.2. The molecule has 0 bridgehead atoms. The van der Waals surface area contributed by atoms with Crippen molar-refractivity contribution in [3.8, 4) is 0 Å². The van der Waals surface area contributed by atoms with Gasteiger partial charge < -0.3 is 15.4 Å². The number of nitrogens with one attached hydrogen (secondary N) is 2. The van der Waals surface area contributed by atoms with E-state index in [4.69, 9.17) is 4.74 Å². The molecule has 1 aliphatic rings. The molecule has 1 heterocycles. The summed E-state index contributed by atoms with van der Waals surface area (Å²) in [6.07, 6.45) is 5.25. The van der Waals surface area contributed by atoms with Crippen LogP contribution in [0.1, 0.15) is 38.2 Å². The van der Waals surface area contributed by atoms with Gasteiger partial charge in [0, 0.05) is 52.1 Å². The molecule has 1 saturated heterocycles. The summed E-state index contributed by atoms with van der Waals surface area (Å²) < 4.78 is 28.6. The quantitative estimate of drug-likeness (QED) is 0.313. The summed E-state index contributed by atoms with van der Waals surface area (Å²) in [5, 5.41) is 6.50. The Balaban J connectivity index is 1.54. The molecule has 2 N–H and O–H groups in total. The molecule has 8 heteroatoms. The number of rotatable bonds is 11. The Morgan fingerprint density at radius 3 is 2.60 bits per heavy atom. The van der Waals surface area contributed by atoms with Crippen molar-refractivity contribution in [2.24, 2.45) is 4.99 Å². The maximum Gasteiger partial charge on any atom is 0.191 e. The number of hydrogen-bond donors (Lipinski definition) is 2. The van der Waals surface area contributed by atoms with Crippen molar-refractivity contribution >= 4 is 15.8 Å². The Bertz CT molecular complexity index is 732. The number of guanidine groups is 1. The van der Waals surface area contributed by atoms with Gasteiger partial charge in [-0.15, -0.1) is 0 Å². The van der Waals surface area contributed by atoms with Crippen molar-refractivity contribution in [1.29, 1.82) is 0 Å². The van der Waals surface area contributed by atoms with E-state index in [0.717, 1.165) is 52.0 Å². The summed E-state index contributed by atoms with van der Waals surface area (Å²) in [4.78, 5) is 6.70. The van der Waals surface area contributed by atoms with Gasteiger partial charge >= 0.3 is 0 Å². The highest BCUT2D eigenvalue weighted by Gasteiger charge is 2.19. The zero-order valence-corrected chi connectivity index (χ0v) is 19.5. The monoisotopic (exact) mass is 438 g/mol. The van der Waals surface area contributed by atoms with E-state index in [2.05, 4.69) is 50.9 Å². The van der Waals surface area contributed by atoms with E-state index >= 15 is 0 Å². The van der Waals surface area contributed by atoms with Gasteiger partial charge in [0.05, 0.1) is 11.9 Å². The molecule has 1 unspecified atom stereocenters. The fourth-order valence-electron chi connectivity index (χ4n) is 3.50. The second-order valence-electron chi connectivity index (χ2n) is 8.15. The molecule has 0 saturated carbocycles. The van der Waals surface area contributed by atoms with Crippen LogP contribution in [0.5, 0.6) is 0 Å². The number of nitrogens with zero attached hydrogens (tertiary/aromatic N) is 2. The molecule has 0 radical (unpaired) electrons. The third-order valence-corrected chi connectivity index (χ3v) is 6.26. The minimum absolute atomic E-state index is 0.0447. The van der Waals surface area contributed by atoms with Crippen molar-refractivity contribution in [2.45, 2.75) is 51.3 Å². The standard InChI is InChI=1S/C22H38N4O3S/c1-19(12-17-30(3,27)28)25-22(23-2)24-13-7-16-29-21-10-14-26(15-11-21)18-20-8-5-4-6-9-20/h4-6,8-9,19,21H,7,10-18H2,1-3H3,(H2,23,24,25). The van der Waals surface area contributed by atoms with Gasteiger partial charge in [0.25, 0.3) is 0 Å². The Labute approximate surface area is 182 Å². The lowest BCUT2D eigenvalue weighted by atomic mass is 10.1. The Morgan fingerprint density at radius 1 is 1.27 bits per heavy atom. The van der Waals surface area contributed by atoms with Crippen LogP contribution in [0.15, 0.2) is 35.3 Å². The minimum Gasteiger partial charge on any atom is -0.378 e. The molecular weight excluding hydrogens is 400 g/mol. The van der Waals surface area contributed by atoms with Gasteiger partial charge in [0.1, 0.15) is 9.84 Å². The number of benzene rings is 1. The summed E-state index contributed by atoms with van der Waals surface area (Å²) in [6, 6.07) is 10.7. The molecule has 170 valence electrons. The van der Waals surface area contributed by atoms with Crippen molar-refractivity contribution < 1.29 is 13.2 Å². The average molecular weight is 439 g/mol. The maximum absolute atomic E-state index is 11.3. The van der Waals surface area contributed by atoms with Gasteiger partial charge in [-0.05, 0) is 38.2 Å². The van der Waals surface area contributed by atoms with Crippen molar-refractivity contribution in [3.05, 3.63) is 35.9 Å². The highest BCUT2D eigenvalue weighted by molar-refractivity contribution is 7.90. The van der Waals surface area contributed by atoms with E-state index in [0.29, 0.717) is 18.5 Å². The smallest absolute Gasteiger partial charge is 0.191 e. The summed E-state index contributed by atoms with van der Waals surface area (Å²) in [7, 11) is -1.22. The average Bonchev–Trinajstić information content (AvgIpc) is 2.72. The molecular formula is C22H38N4O3S. The minimum atomic E-state index is -2.94. The fourth-order valence-corrected chi connectivity index (χ4v) is 4.28. The van der Waals surface area contributed by atoms with Crippen LogP contribution in [0.4, 0.5) is 0 Å². The molecule has 0 amide bonds. The molecule has 0 spiro atoms. The van der Waals surface area contributed by atoms with Gasteiger partial charge in [0.15, 0.2) is 5.96 Å². The van der Waals surface area contributed by atoms with Gasteiger partial charge in [-0.1, -0.05) is 30.3 Å². The number of sulfone groups is 1. The highest BCUT2D eigenvalue weighted by Crippen LogP contribution is 2.16. The van der Waals surface area contributed by atoms with E-state index in [1.807, 2.05) is 6.92 Å². The summed E-state index contributed by atoms with van der Waals surface area (Å²) in [5.41, 5.74) is 1.37. The molecule has 0 aromatic heterocycles. The van der Waals surface area contributed by atoms with Crippen molar-refractivity contribution in [3.63, 3.8) is 0 Å². The van der Waals surface area contributed by atoms with Crippen LogP contribution in [0, 0.1) is 0 Å². The fraction of sp³-hybridized carbons (Fsp3) is 0.682. The first-order valence-electron chi connectivity index (χ1n) is 10.9. The number of likely N-dealkylation sites (tertiary alicyclic amines) is 1. The van der Waals surface area contributed by atoms with E-state index < -0.39 is 9.84 Å². The lowest BCUT2D eigenvalue weighted by Gasteiger charge is -2.32. The lowest BCUT2D eigenvalue weighted by Crippen LogP contribution is -2.43. The number of ether oxygens (including phenoxy) is 1. The summed E-state index contributed by atoms with van der Waals surface area (Å²) in [5.74, 6) is 0.876. The Morgan fingerprint density at radius 2 is 1.97 bits per heavy atom. The zero-order valence-electron chi connectivity index (χ0n) is 18.6.